The lowest BCUT2D eigenvalue weighted by Gasteiger charge is -2.22. The van der Waals surface area contributed by atoms with Crippen molar-refractivity contribution in [2.45, 2.75) is 51.0 Å². The summed E-state index contributed by atoms with van der Waals surface area (Å²) in [7, 11) is 0. The Kier molecular flexibility index (Phi) is 10.3. The molecular weight excluding hydrogens is 423 g/mol. The van der Waals surface area contributed by atoms with Crippen molar-refractivity contribution in [1.82, 2.24) is 10.6 Å². The monoisotopic (exact) mass is 450 g/mol. The van der Waals surface area contributed by atoms with Crippen LogP contribution < -0.4 is 16.4 Å². The number of nitrogens with zero attached hydrogens (tertiary/aromatic N) is 1. The number of hydrogen-bond donors (Lipinski definition) is 3. The zero-order valence-electron chi connectivity index (χ0n) is 13.4. The number of rotatable bonds is 7. The molecule has 0 unspecified atom stereocenters. The third-order valence-corrected chi connectivity index (χ3v) is 4.79. The van der Waals surface area contributed by atoms with Crippen molar-refractivity contribution in [3.05, 3.63) is 22.4 Å². The molecule has 23 heavy (non-hydrogen) atoms. The third-order valence-electron chi connectivity index (χ3n) is 3.85. The highest BCUT2D eigenvalue weighted by Crippen LogP contribution is 2.17. The first-order valence-electron chi connectivity index (χ1n) is 8.09. The van der Waals surface area contributed by atoms with Gasteiger partial charge in [-0.05, 0) is 24.3 Å². The van der Waals surface area contributed by atoms with Crippen LogP contribution in [0.4, 0.5) is 0 Å². The van der Waals surface area contributed by atoms with Crippen molar-refractivity contribution in [3.63, 3.8) is 0 Å². The first-order chi connectivity index (χ1) is 10.7. The van der Waals surface area contributed by atoms with Gasteiger partial charge in [-0.2, -0.15) is 0 Å². The van der Waals surface area contributed by atoms with E-state index < -0.39 is 0 Å². The number of guanidine groups is 1. The third kappa shape index (κ3) is 8.55. The minimum absolute atomic E-state index is 0. The number of hydrogen-bond acceptors (Lipinski definition) is 3. The van der Waals surface area contributed by atoms with Crippen LogP contribution >= 0.6 is 35.3 Å². The molecular formula is C16H27IN4OS. The molecule has 0 aliphatic heterocycles. The fraction of sp³-hybridized carbons (Fsp3) is 0.625. The van der Waals surface area contributed by atoms with Crippen molar-refractivity contribution < 1.29 is 4.79 Å². The van der Waals surface area contributed by atoms with Crippen LogP contribution in [-0.2, 0) is 11.2 Å². The Bertz CT molecular complexity index is 472. The summed E-state index contributed by atoms with van der Waals surface area (Å²) in [6.07, 6.45) is 7.34. The average molecular weight is 450 g/mol. The second-order valence-electron chi connectivity index (χ2n) is 5.68. The summed E-state index contributed by atoms with van der Waals surface area (Å²) in [5.41, 5.74) is 5.79. The number of nitrogens with two attached hydrogens (primary N) is 1. The van der Waals surface area contributed by atoms with Crippen molar-refractivity contribution in [1.29, 1.82) is 0 Å². The van der Waals surface area contributed by atoms with Crippen LogP contribution in [0.2, 0.25) is 0 Å². The first-order valence-corrected chi connectivity index (χ1v) is 8.97. The van der Waals surface area contributed by atoms with Crippen LogP contribution in [0.1, 0.15) is 43.4 Å². The standard InChI is InChI=1S/C16H26N4OS.HI/c17-16(18-10-8-14-7-4-12-22-14)19-11-9-15(21)20-13-5-2-1-3-6-13;/h4,7,12-13H,1-3,5-6,8-11H2,(H,20,21)(H3,17,18,19);1H. The van der Waals surface area contributed by atoms with E-state index in [1.54, 1.807) is 11.3 Å². The van der Waals surface area contributed by atoms with Crippen molar-refractivity contribution in [2.75, 3.05) is 13.1 Å². The van der Waals surface area contributed by atoms with Gasteiger partial charge < -0.3 is 16.4 Å². The fourth-order valence-electron chi connectivity index (χ4n) is 2.65. The molecule has 130 valence electrons. The molecule has 0 radical (unpaired) electrons. The predicted molar refractivity (Wildman–Crippen MR) is 108 cm³/mol. The highest BCUT2D eigenvalue weighted by atomic mass is 127. The van der Waals surface area contributed by atoms with Gasteiger partial charge in [0.25, 0.3) is 0 Å². The summed E-state index contributed by atoms with van der Waals surface area (Å²) in [6, 6.07) is 4.51. The van der Waals surface area contributed by atoms with Crippen LogP contribution in [0.5, 0.6) is 0 Å². The number of amides is 1. The van der Waals surface area contributed by atoms with Gasteiger partial charge in [-0.3, -0.25) is 9.79 Å². The second-order valence-corrected chi connectivity index (χ2v) is 6.71. The lowest BCUT2D eigenvalue weighted by molar-refractivity contribution is -0.121. The molecule has 1 fully saturated rings. The largest absolute Gasteiger partial charge is 0.370 e. The Morgan fingerprint density at radius 2 is 2.13 bits per heavy atom. The molecule has 5 nitrogen and oxygen atoms in total. The van der Waals surface area contributed by atoms with Gasteiger partial charge in [0.05, 0.1) is 0 Å². The number of halogens is 1. The van der Waals surface area contributed by atoms with E-state index in [9.17, 15) is 4.79 Å². The number of nitrogens with one attached hydrogen (secondary N) is 2. The summed E-state index contributed by atoms with van der Waals surface area (Å²) >= 11 is 1.73. The number of carbonyl (C=O) groups excluding carboxylic acids is 1. The molecule has 2 rings (SSSR count). The number of aliphatic imine (C=N–C) groups is 1. The minimum atomic E-state index is 0. The molecule has 4 N–H and O–H groups in total. The zero-order chi connectivity index (χ0) is 15.6. The maximum atomic E-state index is 11.8. The number of carbonyl (C=O) groups is 1. The van der Waals surface area contributed by atoms with E-state index in [0.29, 0.717) is 31.5 Å². The highest BCUT2D eigenvalue weighted by molar-refractivity contribution is 14.0. The lowest BCUT2D eigenvalue weighted by atomic mass is 9.95. The van der Waals surface area contributed by atoms with Crippen LogP contribution in [0.15, 0.2) is 22.5 Å². The molecule has 0 saturated heterocycles. The Morgan fingerprint density at radius 3 is 2.83 bits per heavy atom. The van der Waals surface area contributed by atoms with Gasteiger partial charge in [0, 0.05) is 36.9 Å². The molecule has 0 spiro atoms. The molecule has 1 aromatic rings. The van der Waals surface area contributed by atoms with Gasteiger partial charge in [0.15, 0.2) is 5.96 Å². The summed E-state index contributed by atoms with van der Waals surface area (Å²) in [6.45, 7) is 1.21. The normalized spacial score (nSPS) is 15.7. The van der Waals surface area contributed by atoms with E-state index in [1.165, 1.54) is 24.1 Å². The minimum Gasteiger partial charge on any atom is -0.370 e. The lowest BCUT2D eigenvalue weighted by Crippen LogP contribution is -2.39. The fourth-order valence-corrected chi connectivity index (χ4v) is 3.35. The molecule has 0 aromatic carbocycles. The SMILES string of the molecule is I.NC(=NCCc1cccs1)NCCC(=O)NC1CCCCC1. The summed E-state index contributed by atoms with van der Waals surface area (Å²) in [4.78, 5) is 17.4. The molecule has 0 atom stereocenters. The number of thiophene rings is 1. The molecule has 1 aliphatic carbocycles. The van der Waals surface area contributed by atoms with E-state index in [2.05, 4.69) is 27.1 Å². The van der Waals surface area contributed by atoms with E-state index in [0.717, 1.165) is 19.3 Å². The predicted octanol–water partition coefficient (Wildman–Crippen LogP) is 2.65. The second kappa shape index (κ2) is 11.7. The molecule has 1 aliphatic rings. The smallest absolute Gasteiger partial charge is 0.221 e. The van der Waals surface area contributed by atoms with E-state index in [4.69, 9.17) is 5.73 Å². The van der Waals surface area contributed by atoms with Crippen LogP contribution in [0, 0.1) is 0 Å². The molecule has 1 aromatic heterocycles. The molecule has 1 amide bonds. The molecule has 7 heteroatoms. The van der Waals surface area contributed by atoms with E-state index in [1.807, 2.05) is 6.07 Å². The Balaban J connectivity index is 0.00000264. The summed E-state index contributed by atoms with van der Waals surface area (Å²) in [5.74, 6) is 0.521. The first kappa shape index (κ1) is 20.2. The van der Waals surface area contributed by atoms with Crippen LogP contribution in [-0.4, -0.2) is 31.0 Å². The van der Waals surface area contributed by atoms with Gasteiger partial charge in [0.2, 0.25) is 5.91 Å². The van der Waals surface area contributed by atoms with E-state index >= 15 is 0 Å². The molecule has 0 bridgehead atoms. The topological polar surface area (TPSA) is 79.5 Å². The quantitative estimate of drug-likeness (QED) is 0.340. The maximum absolute atomic E-state index is 11.8. The molecule has 1 saturated carbocycles. The Morgan fingerprint density at radius 1 is 1.35 bits per heavy atom. The summed E-state index contributed by atoms with van der Waals surface area (Å²) < 4.78 is 0. The Labute approximate surface area is 159 Å². The van der Waals surface area contributed by atoms with Crippen molar-refractivity contribution >= 4 is 47.2 Å². The maximum Gasteiger partial charge on any atom is 0.221 e. The van der Waals surface area contributed by atoms with E-state index in [-0.39, 0.29) is 29.9 Å². The van der Waals surface area contributed by atoms with Gasteiger partial charge in [-0.25, -0.2) is 0 Å². The average Bonchev–Trinajstić information content (AvgIpc) is 3.01. The summed E-state index contributed by atoms with van der Waals surface area (Å²) in [5, 5.41) is 8.16. The zero-order valence-corrected chi connectivity index (χ0v) is 16.6. The van der Waals surface area contributed by atoms with Gasteiger partial charge in [-0.15, -0.1) is 35.3 Å². The van der Waals surface area contributed by atoms with Gasteiger partial charge >= 0.3 is 0 Å². The Hall–Kier alpha value is -0.830. The highest BCUT2D eigenvalue weighted by Gasteiger charge is 2.15. The van der Waals surface area contributed by atoms with Gasteiger partial charge in [0.1, 0.15) is 0 Å². The van der Waals surface area contributed by atoms with Gasteiger partial charge in [-0.1, -0.05) is 25.3 Å². The van der Waals surface area contributed by atoms with Crippen LogP contribution in [0.3, 0.4) is 0 Å². The van der Waals surface area contributed by atoms with Crippen molar-refractivity contribution in [3.8, 4) is 0 Å². The van der Waals surface area contributed by atoms with Crippen LogP contribution in [0.25, 0.3) is 0 Å². The van der Waals surface area contributed by atoms with Crippen molar-refractivity contribution in [2.24, 2.45) is 10.7 Å². The molecule has 1 heterocycles.